The van der Waals surface area contributed by atoms with Gasteiger partial charge in [-0.3, -0.25) is 19.2 Å². The zero-order valence-electron chi connectivity index (χ0n) is 13.8. The van der Waals surface area contributed by atoms with Crippen molar-refractivity contribution in [1.29, 1.82) is 0 Å². The van der Waals surface area contributed by atoms with Gasteiger partial charge in [0, 0.05) is 12.2 Å². The molecule has 0 aromatic rings. The minimum Gasteiger partial charge on any atom is -0.480 e. The summed E-state index contributed by atoms with van der Waals surface area (Å²) in [5.41, 5.74) is 10.4. The molecule has 0 rings (SSSR count). The van der Waals surface area contributed by atoms with E-state index >= 15 is 0 Å². The minimum absolute atomic E-state index is 0.0643. The zero-order chi connectivity index (χ0) is 20.3. The lowest BCUT2D eigenvalue weighted by Gasteiger charge is -2.20. The van der Waals surface area contributed by atoms with E-state index in [0.717, 1.165) is 0 Å². The average Bonchev–Trinajstić information content (AvgIpc) is 2.59. The Morgan fingerprint density at radius 1 is 1.04 bits per heavy atom. The van der Waals surface area contributed by atoms with Gasteiger partial charge in [0.25, 0.3) is 0 Å². The second-order valence-electron chi connectivity index (χ2n) is 5.21. The Hall–Kier alpha value is -2.38. The first kappa shape index (κ1) is 23.6. The standard InChI is InChI=1S/C13H23N5O7S/c14-6(5-26)11(22)16-3-10(21)17-7(1-2-9(15)20)12(23)18-8(4-19)13(24)25/h6-8,19,26H,1-5,14H2,(H2,15,20)(H,16,22)(H,17,21)(H,18,23)(H,24,25). The van der Waals surface area contributed by atoms with E-state index in [-0.39, 0.29) is 18.6 Å². The molecule has 4 amide bonds. The van der Waals surface area contributed by atoms with Crippen LogP contribution in [0.15, 0.2) is 0 Å². The number of aliphatic hydroxyl groups excluding tert-OH is 1. The largest absolute Gasteiger partial charge is 0.480 e. The Morgan fingerprint density at radius 3 is 2.12 bits per heavy atom. The first-order chi connectivity index (χ1) is 12.1. The van der Waals surface area contributed by atoms with Crippen molar-refractivity contribution >= 4 is 42.2 Å². The predicted octanol–water partition coefficient (Wildman–Crippen LogP) is -4.33. The van der Waals surface area contributed by atoms with E-state index in [1.165, 1.54) is 0 Å². The summed E-state index contributed by atoms with van der Waals surface area (Å²) >= 11 is 3.83. The van der Waals surface area contributed by atoms with E-state index in [4.69, 9.17) is 21.7 Å². The van der Waals surface area contributed by atoms with Gasteiger partial charge < -0.3 is 37.6 Å². The molecule has 0 bridgehead atoms. The number of hydrogen-bond donors (Lipinski definition) is 8. The molecule has 0 aromatic carbocycles. The van der Waals surface area contributed by atoms with E-state index < -0.39 is 60.9 Å². The predicted molar refractivity (Wildman–Crippen MR) is 91.8 cm³/mol. The summed E-state index contributed by atoms with van der Waals surface area (Å²) in [6, 6.07) is -3.79. The van der Waals surface area contributed by atoms with Crippen LogP contribution in [-0.2, 0) is 24.0 Å². The van der Waals surface area contributed by atoms with Crippen molar-refractivity contribution < 1.29 is 34.2 Å². The third-order valence-electron chi connectivity index (χ3n) is 3.08. The Labute approximate surface area is 154 Å². The normalized spacial score (nSPS) is 13.8. The highest BCUT2D eigenvalue weighted by Crippen LogP contribution is 1.99. The second-order valence-corrected chi connectivity index (χ2v) is 5.58. The zero-order valence-corrected chi connectivity index (χ0v) is 14.7. The van der Waals surface area contributed by atoms with Crippen molar-refractivity contribution in [2.45, 2.75) is 31.0 Å². The van der Waals surface area contributed by atoms with Gasteiger partial charge in [0.05, 0.1) is 19.2 Å². The van der Waals surface area contributed by atoms with Gasteiger partial charge in [0.15, 0.2) is 0 Å². The van der Waals surface area contributed by atoms with E-state index in [1.807, 2.05) is 5.32 Å². The summed E-state index contributed by atoms with van der Waals surface area (Å²) < 4.78 is 0. The molecule has 0 aliphatic rings. The summed E-state index contributed by atoms with van der Waals surface area (Å²) in [5.74, 6) is -4.48. The smallest absolute Gasteiger partial charge is 0.328 e. The molecule has 0 aliphatic heterocycles. The van der Waals surface area contributed by atoms with Gasteiger partial charge in [-0.05, 0) is 6.42 Å². The molecule has 3 unspecified atom stereocenters. The lowest BCUT2D eigenvalue weighted by Crippen LogP contribution is -2.54. The maximum atomic E-state index is 12.1. The Kier molecular flexibility index (Phi) is 10.9. The number of rotatable bonds is 12. The number of aliphatic carboxylic acids is 1. The van der Waals surface area contributed by atoms with Gasteiger partial charge in [-0.15, -0.1) is 0 Å². The summed E-state index contributed by atoms with van der Waals surface area (Å²) in [6.45, 7) is -1.36. The first-order valence-electron chi connectivity index (χ1n) is 7.48. The van der Waals surface area contributed by atoms with E-state index in [9.17, 15) is 24.0 Å². The number of aliphatic hydroxyl groups is 1. The lowest BCUT2D eigenvalue weighted by molar-refractivity contribution is -0.143. The van der Waals surface area contributed by atoms with Gasteiger partial charge >= 0.3 is 5.97 Å². The van der Waals surface area contributed by atoms with Crippen molar-refractivity contribution in [2.75, 3.05) is 18.9 Å². The van der Waals surface area contributed by atoms with Gasteiger partial charge in [-0.25, -0.2) is 4.79 Å². The maximum absolute atomic E-state index is 12.1. The number of hydrogen-bond acceptors (Lipinski definition) is 8. The Bertz CT molecular complexity index is 545. The van der Waals surface area contributed by atoms with E-state index in [1.54, 1.807) is 0 Å². The molecular weight excluding hydrogens is 370 g/mol. The number of carboxylic acids is 1. The lowest BCUT2D eigenvalue weighted by atomic mass is 10.1. The van der Waals surface area contributed by atoms with E-state index in [0.29, 0.717) is 0 Å². The molecule has 0 saturated carbocycles. The van der Waals surface area contributed by atoms with Crippen molar-refractivity contribution in [3.63, 3.8) is 0 Å². The molecule has 9 N–H and O–H groups in total. The summed E-state index contributed by atoms with van der Waals surface area (Å²) in [4.78, 5) is 57.2. The van der Waals surface area contributed by atoms with Crippen LogP contribution in [0.5, 0.6) is 0 Å². The summed E-state index contributed by atoms with van der Waals surface area (Å²) in [7, 11) is 0. The molecular formula is C13H23N5O7S. The Morgan fingerprint density at radius 2 is 1.65 bits per heavy atom. The van der Waals surface area contributed by atoms with Crippen molar-refractivity contribution in [1.82, 2.24) is 16.0 Å². The average molecular weight is 393 g/mol. The SMILES string of the molecule is NC(=O)CCC(NC(=O)CNC(=O)C(N)CS)C(=O)NC(CO)C(=O)O. The summed E-state index contributed by atoms with van der Waals surface area (Å²) in [6.07, 6.45) is -0.457. The number of nitrogens with two attached hydrogens (primary N) is 2. The van der Waals surface area contributed by atoms with Crippen molar-refractivity contribution in [2.24, 2.45) is 11.5 Å². The third-order valence-corrected chi connectivity index (χ3v) is 3.48. The number of carbonyl (C=O) groups excluding carboxylic acids is 4. The fraction of sp³-hybridized carbons (Fsp3) is 0.615. The maximum Gasteiger partial charge on any atom is 0.328 e. The van der Waals surface area contributed by atoms with Crippen LogP contribution in [-0.4, -0.2) is 76.8 Å². The van der Waals surface area contributed by atoms with Crippen LogP contribution >= 0.6 is 12.6 Å². The molecule has 0 heterocycles. The molecule has 148 valence electrons. The molecule has 0 spiro atoms. The molecule has 26 heavy (non-hydrogen) atoms. The van der Waals surface area contributed by atoms with Gasteiger partial charge in [-0.2, -0.15) is 12.6 Å². The number of amides is 4. The number of primary amides is 1. The number of carbonyl (C=O) groups is 5. The Balaban J connectivity index is 4.83. The number of nitrogens with one attached hydrogen (secondary N) is 3. The fourth-order valence-corrected chi connectivity index (χ4v) is 1.81. The van der Waals surface area contributed by atoms with Crippen molar-refractivity contribution in [3.05, 3.63) is 0 Å². The van der Waals surface area contributed by atoms with Crippen LogP contribution in [0, 0.1) is 0 Å². The van der Waals surface area contributed by atoms with Crippen LogP contribution in [0.2, 0.25) is 0 Å². The molecule has 0 fully saturated rings. The summed E-state index contributed by atoms with van der Waals surface area (Å²) in [5, 5.41) is 24.2. The molecule has 0 aromatic heterocycles. The number of thiol groups is 1. The molecule has 3 atom stereocenters. The topological polar surface area (TPSA) is 214 Å². The van der Waals surface area contributed by atoms with Crippen molar-refractivity contribution in [3.8, 4) is 0 Å². The van der Waals surface area contributed by atoms with Gasteiger partial charge in [0.1, 0.15) is 12.1 Å². The van der Waals surface area contributed by atoms with Crippen LogP contribution in [0.1, 0.15) is 12.8 Å². The highest BCUT2D eigenvalue weighted by Gasteiger charge is 2.26. The first-order valence-corrected chi connectivity index (χ1v) is 8.11. The van der Waals surface area contributed by atoms with Gasteiger partial charge in [0.2, 0.25) is 23.6 Å². The minimum atomic E-state index is -1.58. The third kappa shape index (κ3) is 9.19. The van der Waals surface area contributed by atoms with Crippen LogP contribution < -0.4 is 27.4 Å². The second kappa shape index (κ2) is 12.1. The fourth-order valence-electron chi connectivity index (χ4n) is 1.64. The highest BCUT2D eigenvalue weighted by molar-refractivity contribution is 7.80. The molecule has 13 heteroatoms. The van der Waals surface area contributed by atoms with E-state index in [2.05, 4.69) is 23.3 Å². The quantitative estimate of drug-likeness (QED) is 0.151. The molecule has 12 nitrogen and oxygen atoms in total. The van der Waals surface area contributed by atoms with Crippen LogP contribution in [0.3, 0.4) is 0 Å². The van der Waals surface area contributed by atoms with Crippen LogP contribution in [0.4, 0.5) is 0 Å². The van der Waals surface area contributed by atoms with Gasteiger partial charge in [-0.1, -0.05) is 0 Å². The molecule has 0 radical (unpaired) electrons. The molecule has 0 saturated heterocycles. The van der Waals surface area contributed by atoms with Crippen LogP contribution in [0.25, 0.3) is 0 Å². The molecule has 0 aliphatic carbocycles. The number of carboxylic acid groups (broad SMARTS) is 1. The highest BCUT2D eigenvalue weighted by atomic mass is 32.1. The monoisotopic (exact) mass is 393 g/mol.